The molecule has 7 heteroatoms. The normalized spacial score (nSPS) is 21.2. The lowest BCUT2D eigenvalue weighted by atomic mass is 9.83. The SMILES string of the molecule is Cc1ccc2c(c1O)C[C@@H](C1CCN(C(=O)OCc3ccccc3)CC1)O[C@H]2CN.Cl. The molecule has 2 heterocycles. The van der Waals surface area contributed by atoms with E-state index in [2.05, 4.69) is 0 Å². The lowest BCUT2D eigenvalue weighted by Crippen LogP contribution is -2.44. The third-order valence-corrected chi connectivity index (χ3v) is 6.35. The zero-order chi connectivity index (χ0) is 21.1. The number of carbonyl (C=O) groups excluding carboxylic acids is 1. The van der Waals surface area contributed by atoms with Gasteiger partial charge in [-0.3, -0.25) is 0 Å². The van der Waals surface area contributed by atoms with Gasteiger partial charge < -0.3 is 25.2 Å². The monoisotopic (exact) mass is 446 g/mol. The van der Waals surface area contributed by atoms with Gasteiger partial charge in [0.2, 0.25) is 0 Å². The van der Waals surface area contributed by atoms with Gasteiger partial charge in [0.25, 0.3) is 0 Å². The van der Waals surface area contributed by atoms with Gasteiger partial charge in [0, 0.05) is 31.6 Å². The van der Waals surface area contributed by atoms with Crippen LogP contribution in [0, 0.1) is 12.8 Å². The number of piperidine rings is 1. The van der Waals surface area contributed by atoms with Gasteiger partial charge in [-0.15, -0.1) is 12.4 Å². The molecule has 6 nitrogen and oxygen atoms in total. The standard InChI is InChI=1S/C24H30N2O4.ClH/c1-16-7-8-19-20(23(16)27)13-21(30-22(19)14-25)18-9-11-26(12-10-18)24(28)29-15-17-5-3-2-4-6-17;/h2-8,18,21-22,27H,9-15,25H2,1H3;1H/t21-,22-;/m0./s1. The van der Waals surface area contributed by atoms with Crippen LogP contribution >= 0.6 is 12.4 Å². The van der Waals surface area contributed by atoms with Gasteiger partial charge in [0.05, 0.1) is 12.2 Å². The number of nitrogens with two attached hydrogens (primary N) is 1. The highest BCUT2D eigenvalue weighted by atomic mass is 35.5. The predicted octanol–water partition coefficient (Wildman–Crippen LogP) is 4.11. The first-order valence-corrected chi connectivity index (χ1v) is 10.7. The van der Waals surface area contributed by atoms with Crippen LogP contribution in [0.2, 0.25) is 0 Å². The highest BCUT2D eigenvalue weighted by molar-refractivity contribution is 5.85. The van der Waals surface area contributed by atoms with E-state index < -0.39 is 0 Å². The number of fused-ring (bicyclic) bond motifs is 1. The highest BCUT2D eigenvalue weighted by Gasteiger charge is 2.36. The van der Waals surface area contributed by atoms with Crippen LogP contribution in [0.1, 0.15) is 41.2 Å². The Labute approximate surface area is 189 Å². The summed E-state index contributed by atoms with van der Waals surface area (Å²) in [5, 5.41) is 10.6. The second kappa shape index (κ2) is 10.4. The smallest absolute Gasteiger partial charge is 0.410 e. The Morgan fingerprint density at radius 1 is 1.19 bits per heavy atom. The quantitative estimate of drug-likeness (QED) is 0.738. The first kappa shape index (κ1) is 23.4. The maximum Gasteiger partial charge on any atom is 0.410 e. The summed E-state index contributed by atoms with van der Waals surface area (Å²) in [6, 6.07) is 13.6. The van der Waals surface area contributed by atoms with E-state index in [1.54, 1.807) is 4.90 Å². The van der Waals surface area contributed by atoms with Crippen molar-refractivity contribution < 1.29 is 19.4 Å². The van der Waals surface area contributed by atoms with E-state index in [0.717, 1.165) is 35.1 Å². The molecule has 31 heavy (non-hydrogen) atoms. The summed E-state index contributed by atoms with van der Waals surface area (Å²) in [7, 11) is 0. The molecule has 1 saturated heterocycles. The van der Waals surface area contributed by atoms with Crippen molar-refractivity contribution in [2.75, 3.05) is 19.6 Å². The molecule has 0 unspecified atom stereocenters. The minimum Gasteiger partial charge on any atom is -0.507 e. The van der Waals surface area contributed by atoms with E-state index in [4.69, 9.17) is 15.2 Å². The van der Waals surface area contributed by atoms with Crippen molar-refractivity contribution in [3.63, 3.8) is 0 Å². The number of ether oxygens (including phenoxy) is 2. The Balaban J connectivity index is 0.00000272. The number of likely N-dealkylation sites (tertiary alicyclic amines) is 1. The fourth-order valence-electron chi connectivity index (χ4n) is 4.54. The Morgan fingerprint density at radius 2 is 1.90 bits per heavy atom. The van der Waals surface area contributed by atoms with Crippen molar-refractivity contribution >= 4 is 18.5 Å². The van der Waals surface area contributed by atoms with Gasteiger partial charge in [-0.1, -0.05) is 42.5 Å². The molecule has 0 aromatic heterocycles. The largest absolute Gasteiger partial charge is 0.507 e. The van der Waals surface area contributed by atoms with Crippen molar-refractivity contribution in [3.05, 3.63) is 64.7 Å². The van der Waals surface area contributed by atoms with Crippen LogP contribution < -0.4 is 5.73 Å². The number of nitrogens with zero attached hydrogens (tertiary/aromatic N) is 1. The Hall–Kier alpha value is -2.28. The van der Waals surface area contributed by atoms with E-state index in [1.807, 2.05) is 49.4 Å². The summed E-state index contributed by atoms with van der Waals surface area (Å²) >= 11 is 0. The van der Waals surface area contributed by atoms with Crippen LogP contribution in [0.5, 0.6) is 5.75 Å². The van der Waals surface area contributed by atoms with Crippen molar-refractivity contribution in [2.45, 2.75) is 45.0 Å². The minimum atomic E-state index is -0.264. The maximum absolute atomic E-state index is 12.4. The number of carbonyl (C=O) groups is 1. The second-order valence-electron chi connectivity index (χ2n) is 8.27. The van der Waals surface area contributed by atoms with Crippen molar-refractivity contribution in [1.82, 2.24) is 4.90 Å². The van der Waals surface area contributed by atoms with Gasteiger partial charge in [-0.05, 0) is 42.4 Å². The average molecular weight is 447 g/mol. The molecule has 0 radical (unpaired) electrons. The summed E-state index contributed by atoms with van der Waals surface area (Å²) in [5.74, 6) is 0.687. The van der Waals surface area contributed by atoms with E-state index in [9.17, 15) is 9.90 Å². The van der Waals surface area contributed by atoms with Gasteiger partial charge >= 0.3 is 6.09 Å². The predicted molar refractivity (Wildman–Crippen MR) is 121 cm³/mol. The molecule has 2 aromatic carbocycles. The molecule has 4 rings (SSSR count). The Morgan fingerprint density at radius 3 is 2.58 bits per heavy atom. The number of phenolic OH excluding ortho intramolecular Hbond substituents is 1. The van der Waals surface area contributed by atoms with E-state index in [1.165, 1.54) is 0 Å². The second-order valence-corrected chi connectivity index (χ2v) is 8.27. The molecule has 0 bridgehead atoms. The molecule has 168 valence electrons. The van der Waals surface area contributed by atoms with Crippen molar-refractivity contribution in [3.8, 4) is 5.75 Å². The molecule has 0 aliphatic carbocycles. The molecular formula is C24H31ClN2O4. The van der Waals surface area contributed by atoms with Gasteiger partial charge in [0.1, 0.15) is 12.4 Å². The average Bonchev–Trinajstić information content (AvgIpc) is 2.80. The molecule has 2 atom stereocenters. The van der Waals surface area contributed by atoms with Crippen LogP contribution in [0.3, 0.4) is 0 Å². The summed E-state index contributed by atoms with van der Waals surface area (Å²) < 4.78 is 11.8. The van der Waals surface area contributed by atoms with Crippen LogP contribution in [0.15, 0.2) is 42.5 Å². The van der Waals surface area contributed by atoms with Crippen molar-refractivity contribution in [1.29, 1.82) is 0 Å². The first-order valence-electron chi connectivity index (χ1n) is 10.7. The third kappa shape index (κ3) is 5.14. The number of phenols is 1. The number of aromatic hydroxyl groups is 1. The number of hydrogen-bond acceptors (Lipinski definition) is 5. The fraction of sp³-hybridized carbons (Fsp3) is 0.458. The molecule has 1 fully saturated rings. The van der Waals surface area contributed by atoms with Gasteiger partial charge in [0.15, 0.2) is 0 Å². The highest BCUT2D eigenvalue weighted by Crippen LogP contribution is 2.40. The molecule has 2 aliphatic rings. The zero-order valence-electron chi connectivity index (χ0n) is 17.8. The third-order valence-electron chi connectivity index (χ3n) is 6.35. The number of amides is 1. The zero-order valence-corrected chi connectivity index (χ0v) is 18.6. The summed E-state index contributed by atoms with van der Waals surface area (Å²) in [6.45, 7) is 3.89. The first-order chi connectivity index (χ1) is 14.6. The van der Waals surface area contributed by atoms with Gasteiger partial charge in [-0.2, -0.15) is 0 Å². The molecule has 2 aliphatic heterocycles. The number of halogens is 1. The molecule has 3 N–H and O–H groups in total. The number of aryl methyl sites for hydroxylation is 1. The Kier molecular flexibility index (Phi) is 7.81. The molecule has 0 spiro atoms. The van der Waals surface area contributed by atoms with Crippen LogP contribution in [0.4, 0.5) is 4.79 Å². The van der Waals surface area contributed by atoms with Crippen LogP contribution in [-0.2, 0) is 22.5 Å². The molecule has 1 amide bonds. The molecule has 2 aromatic rings. The van der Waals surface area contributed by atoms with Gasteiger partial charge in [-0.25, -0.2) is 4.79 Å². The summed E-state index contributed by atoms with van der Waals surface area (Å²) in [4.78, 5) is 14.2. The summed E-state index contributed by atoms with van der Waals surface area (Å²) in [6.07, 6.45) is 1.93. The number of hydrogen-bond donors (Lipinski definition) is 2. The van der Waals surface area contributed by atoms with E-state index in [0.29, 0.717) is 44.3 Å². The lowest BCUT2D eigenvalue weighted by molar-refractivity contribution is -0.0641. The molecule has 0 saturated carbocycles. The number of benzene rings is 2. The van der Waals surface area contributed by atoms with E-state index >= 15 is 0 Å². The number of rotatable bonds is 4. The lowest BCUT2D eigenvalue weighted by Gasteiger charge is -2.40. The summed E-state index contributed by atoms with van der Waals surface area (Å²) in [5.41, 5.74) is 9.79. The molecular weight excluding hydrogens is 416 g/mol. The van der Waals surface area contributed by atoms with Crippen molar-refractivity contribution in [2.24, 2.45) is 11.7 Å². The van der Waals surface area contributed by atoms with Crippen LogP contribution in [-0.4, -0.2) is 41.8 Å². The van der Waals surface area contributed by atoms with E-state index in [-0.39, 0.29) is 30.7 Å². The topological polar surface area (TPSA) is 85.0 Å². The van der Waals surface area contributed by atoms with Crippen LogP contribution in [0.25, 0.3) is 0 Å². The maximum atomic E-state index is 12.4. The Bertz CT molecular complexity index is 885. The fourth-order valence-corrected chi connectivity index (χ4v) is 4.54. The minimum absolute atomic E-state index is 0.